The van der Waals surface area contributed by atoms with Gasteiger partial charge in [-0.2, -0.15) is 24.9 Å². The van der Waals surface area contributed by atoms with E-state index >= 15 is 0 Å². The Morgan fingerprint density at radius 2 is 1.67 bits per heavy atom. The van der Waals surface area contributed by atoms with Crippen molar-refractivity contribution in [1.29, 1.82) is 0 Å². The van der Waals surface area contributed by atoms with Crippen LogP contribution in [0.4, 0.5) is 18.3 Å². The first-order chi connectivity index (χ1) is 10.0. The highest BCUT2D eigenvalue weighted by atomic mass is 32.2. The Morgan fingerprint density at radius 3 is 2.24 bits per heavy atom. The van der Waals surface area contributed by atoms with Gasteiger partial charge in [0.15, 0.2) is 0 Å². The number of hydrogen-bond acceptors (Lipinski definition) is 6. The topological polar surface area (TPSA) is 32.3 Å². The normalized spacial score (nSPS) is 22.7. The van der Waals surface area contributed by atoms with Crippen LogP contribution in [0.25, 0.3) is 0 Å². The van der Waals surface area contributed by atoms with E-state index in [2.05, 4.69) is 15.1 Å². The van der Waals surface area contributed by atoms with Crippen LogP contribution in [0.1, 0.15) is 17.8 Å². The Labute approximate surface area is 129 Å². The van der Waals surface area contributed by atoms with E-state index < -0.39 is 11.2 Å². The number of aromatic nitrogens is 2. The van der Waals surface area contributed by atoms with Gasteiger partial charge in [-0.3, -0.25) is 4.90 Å². The van der Waals surface area contributed by atoms with Crippen LogP contribution in [0.3, 0.4) is 0 Å². The molecule has 3 heterocycles. The van der Waals surface area contributed by atoms with E-state index in [1.807, 2.05) is 16.7 Å². The summed E-state index contributed by atoms with van der Waals surface area (Å²) in [6.45, 7) is 3.26. The highest BCUT2D eigenvalue weighted by Gasteiger charge is 2.36. The maximum atomic E-state index is 12.6. The fourth-order valence-corrected chi connectivity index (χ4v) is 4.63. The highest BCUT2D eigenvalue weighted by molar-refractivity contribution is 7.99. The van der Waals surface area contributed by atoms with Crippen LogP contribution in [0.5, 0.6) is 0 Å². The summed E-state index contributed by atoms with van der Waals surface area (Å²) < 4.78 is 37.7. The van der Waals surface area contributed by atoms with Crippen LogP contribution in [-0.2, 0) is 6.18 Å². The summed E-state index contributed by atoms with van der Waals surface area (Å²) in [5, 5.41) is 6.49. The molecule has 4 nitrogen and oxygen atoms in total. The van der Waals surface area contributed by atoms with Gasteiger partial charge in [-0.25, -0.2) is 0 Å². The Morgan fingerprint density at radius 1 is 1.00 bits per heavy atom. The Balaban J connectivity index is 1.56. The van der Waals surface area contributed by atoms with E-state index in [0.29, 0.717) is 22.5 Å². The zero-order valence-electron chi connectivity index (χ0n) is 11.5. The minimum absolute atomic E-state index is 0.390. The molecule has 118 valence electrons. The molecule has 21 heavy (non-hydrogen) atoms. The van der Waals surface area contributed by atoms with E-state index in [0.717, 1.165) is 26.2 Å². The molecule has 2 aliphatic rings. The average Bonchev–Trinajstić information content (AvgIpc) is 2.98. The van der Waals surface area contributed by atoms with Gasteiger partial charge in [0.1, 0.15) is 0 Å². The van der Waals surface area contributed by atoms with Gasteiger partial charge in [0.05, 0.1) is 0 Å². The van der Waals surface area contributed by atoms with Crippen molar-refractivity contribution >= 4 is 28.2 Å². The van der Waals surface area contributed by atoms with Crippen molar-refractivity contribution in [3.8, 4) is 0 Å². The van der Waals surface area contributed by atoms with Crippen LogP contribution in [0, 0.1) is 0 Å². The van der Waals surface area contributed by atoms with Gasteiger partial charge >= 0.3 is 6.18 Å². The summed E-state index contributed by atoms with van der Waals surface area (Å²) >= 11 is 2.64. The number of alkyl halides is 3. The Kier molecular flexibility index (Phi) is 4.60. The molecule has 2 saturated heterocycles. The van der Waals surface area contributed by atoms with Gasteiger partial charge in [-0.15, -0.1) is 10.2 Å². The molecule has 0 aromatic carbocycles. The van der Waals surface area contributed by atoms with Gasteiger partial charge < -0.3 is 4.90 Å². The minimum atomic E-state index is -4.39. The Bertz CT molecular complexity index is 465. The molecule has 1 aromatic heterocycles. The Hall–Kier alpha value is -0.540. The van der Waals surface area contributed by atoms with E-state index in [-0.39, 0.29) is 0 Å². The van der Waals surface area contributed by atoms with Crippen molar-refractivity contribution in [2.45, 2.75) is 25.1 Å². The smallest absolute Gasteiger partial charge is 0.344 e. The first-order valence-corrected chi connectivity index (χ1v) is 8.98. The fraction of sp³-hybridized carbons (Fsp3) is 0.833. The largest absolute Gasteiger partial charge is 0.445 e. The van der Waals surface area contributed by atoms with Crippen LogP contribution in [0.15, 0.2) is 0 Å². The monoisotopic (exact) mass is 338 g/mol. The quantitative estimate of drug-likeness (QED) is 0.828. The van der Waals surface area contributed by atoms with Crippen LogP contribution in [-0.4, -0.2) is 58.8 Å². The summed E-state index contributed by atoms with van der Waals surface area (Å²) in [6, 6.07) is 0.647. The van der Waals surface area contributed by atoms with E-state index in [4.69, 9.17) is 0 Å². The van der Waals surface area contributed by atoms with Crippen molar-refractivity contribution in [2.24, 2.45) is 0 Å². The molecular formula is C12H17F3N4S2. The van der Waals surface area contributed by atoms with Crippen molar-refractivity contribution in [1.82, 2.24) is 15.1 Å². The first kappa shape index (κ1) is 15.4. The number of anilines is 1. The van der Waals surface area contributed by atoms with Crippen molar-refractivity contribution < 1.29 is 13.2 Å². The summed E-state index contributed by atoms with van der Waals surface area (Å²) in [4.78, 5) is 4.39. The SMILES string of the molecule is FC(F)(F)c1nnc(N2CCN(C3CCSCC3)CC2)s1. The number of hydrogen-bond donors (Lipinski definition) is 0. The molecule has 0 atom stereocenters. The molecule has 0 spiro atoms. The second kappa shape index (κ2) is 6.29. The summed E-state index contributed by atoms with van der Waals surface area (Å²) in [5.41, 5.74) is 0. The molecular weight excluding hydrogens is 321 g/mol. The molecule has 3 rings (SSSR count). The van der Waals surface area contributed by atoms with Gasteiger partial charge in [-0.1, -0.05) is 11.3 Å². The molecule has 0 unspecified atom stereocenters. The minimum Gasteiger partial charge on any atom is -0.344 e. The summed E-state index contributed by atoms with van der Waals surface area (Å²) in [5.74, 6) is 2.44. The summed E-state index contributed by atoms with van der Waals surface area (Å²) in [6.07, 6.45) is -1.94. The van der Waals surface area contributed by atoms with Crippen LogP contribution < -0.4 is 4.90 Å². The second-order valence-electron chi connectivity index (χ2n) is 5.25. The highest BCUT2D eigenvalue weighted by Crippen LogP contribution is 2.34. The zero-order valence-corrected chi connectivity index (χ0v) is 13.1. The van der Waals surface area contributed by atoms with Crippen LogP contribution >= 0.6 is 23.1 Å². The first-order valence-electron chi connectivity index (χ1n) is 7.01. The van der Waals surface area contributed by atoms with E-state index in [1.54, 1.807) is 0 Å². The fourth-order valence-electron chi connectivity index (χ4n) is 2.79. The van der Waals surface area contributed by atoms with Crippen molar-refractivity contribution in [2.75, 3.05) is 42.6 Å². The van der Waals surface area contributed by atoms with Crippen LogP contribution in [0.2, 0.25) is 0 Å². The third-order valence-electron chi connectivity index (χ3n) is 3.95. The predicted molar refractivity (Wildman–Crippen MR) is 79.0 cm³/mol. The van der Waals surface area contributed by atoms with E-state index in [1.165, 1.54) is 24.3 Å². The predicted octanol–water partition coefficient (Wildman–Crippen LogP) is 2.57. The molecule has 0 radical (unpaired) electrons. The lowest BCUT2D eigenvalue weighted by molar-refractivity contribution is -0.138. The second-order valence-corrected chi connectivity index (χ2v) is 7.43. The van der Waals surface area contributed by atoms with E-state index in [9.17, 15) is 13.2 Å². The third-order valence-corrected chi connectivity index (χ3v) is 6.03. The number of rotatable bonds is 2. The van der Waals surface area contributed by atoms with Crippen molar-refractivity contribution in [3.63, 3.8) is 0 Å². The van der Waals surface area contributed by atoms with Gasteiger partial charge in [0.2, 0.25) is 10.1 Å². The third kappa shape index (κ3) is 3.62. The molecule has 0 saturated carbocycles. The molecule has 2 fully saturated rings. The molecule has 9 heteroatoms. The number of halogens is 3. The van der Waals surface area contributed by atoms with Gasteiger partial charge in [-0.05, 0) is 24.3 Å². The molecule has 1 aromatic rings. The number of piperazine rings is 1. The number of nitrogens with zero attached hydrogens (tertiary/aromatic N) is 4. The number of thioether (sulfide) groups is 1. The zero-order chi connectivity index (χ0) is 14.9. The molecule has 0 amide bonds. The average molecular weight is 338 g/mol. The van der Waals surface area contributed by atoms with Gasteiger partial charge in [0.25, 0.3) is 0 Å². The maximum Gasteiger partial charge on any atom is 0.445 e. The molecule has 2 aliphatic heterocycles. The molecule has 0 aliphatic carbocycles. The molecule has 0 bridgehead atoms. The molecule has 0 N–H and O–H groups in total. The van der Waals surface area contributed by atoms with Crippen molar-refractivity contribution in [3.05, 3.63) is 5.01 Å². The lowest BCUT2D eigenvalue weighted by atomic mass is 10.1. The van der Waals surface area contributed by atoms with Gasteiger partial charge in [0, 0.05) is 32.2 Å². The lowest BCUT2D eigenvalue weighted by Gasteiger charge is -2.40. The standard InChI is InChI=1S/C12H17F3N4S2/c13-12(14,15)10-16-17-11(21-10)19-5-3-18(4-6-19)9-1-7-20-8-2-9/h9H,1-8H2. The lowest BCUT2D eigenvalue weighted by Crippen LogP contribution is -2.51. The summed E-state index contributed by atoms with van der Waals surface area (Å²) in [7, 11) is 0. The maximum absolute atomic E-state index is 12.6.